The number of carbonyl (C=O) groups is 2. The lowest BCUT2D eigenvalue weighted by atomic mass is 10.0. The number of hydrogen-bond acceptors (Lipinski definition) is 8. The zero-order chi connectivity index (χ0) is 59.8. The number of phosphoric acid groups is 1. The molecule has 0 heterocycles. The lowest BCUT2D eigenvalue weighted by Gasteiger charge is -2.28. The fourth-order valence-corrected chi connectivity index (χ4v) is 10.6. The maximum atomic E-state index is 12.9. The fraction of sp³-hybridized carbons (Fsp3) is 0.806. The number of likely N-dealkylation sites (N-methyl/N-ethyl adjacent to an activating group) is 1. The summed E-state index contributed by atoms with van der Waals surface area (Å²) in [4.78, 5) is 38.0. The Morgan fingerprint density at radius 1 is 0.390 bits per heavy atom. The average molecular weight is 1170 g/mol. The van der Waals surface area contributed by atoms with Crippen molar-refractivity contribution in [1.82, 2.24) is 0 Å². The van der Waals surface area contributed by atoms with Crippen LogP contribution in [0.2, 0.25) is 0 Å². The summed E-state index contributed by atoms with van der Waals surface area (Å²) in [5, 5.41) is 0. The predicted molar refractivity (Wildman–Crippen MR) is 351 cm³/mol. The van der Waals surface area contributed by atoms with Crippen molar-refractivity contribution in [3.8, 4) is 0 Å². The van der Waals surface area contributed by atoms with Gasteiger partial charge in [0, 0.05) is 12.8 Å². The van der Waals surface area contributed by atoms with Crippen LogP contribution in [0.15, 0.2) is 72.9 Å². The van der Waals surface area contributed by atoms with Crippen molar-refractivity contribution < 1.29 is 42.1 Å². The van der Waals surface area contributed by atoms with Gasteiger partial charge in [-0.05, 0) is 83.5 Å². The third-order valence-electron chi connectivity index (χ3n) is 15.2. The van der Waals surface area contributed by atoms with Gasteiger partial charge in [-0.2, -0.15) is 0 Å². The highest BCUT2D eigenvalue weighted by Crippen LogP contribution is 2.38. The molecule has 0 saturated heterocycles. The fourth-order valence-electron chi connectivity index (χ4n) is 9.92. The van der Waals surface area contributed by atoms with E-state index in [2.05, 4.69) is 86.8 Å². The number of esters is 2. The third-order valence-corrected chi connectivity index (χ3v) is 16.2. The average Bonchev–Trinajstić information content (AvgIpc) is 3.46. The van der Waals surface area contributed by atoms with E-state index in [1.54, 1.807) is 0 Å². The van der Waals surface area contributed by atoms with E-state index in [-0.39, 0.29) is 32.0 Å². The number of phosphoric ester groups is 1. The molecule has 0 aromatic heterocycles. The molecule has 0 fully saturated rings. The first-order chi connectivity index (χ1) is 40.0. The van der Waals surface area contributed by atoms with E-state index in [0.717, 1.165) is 64.2 Å². The standard InChI is InChI=1S/C72H132NO8P/c1-6-8-10-12-14-16-18-20-22-24-26-27-28-29-30-31-32-33-34-35-36-37-38-39-40-41-42-43-44-45-47-49-51-53-55-57-59-61-63-65-72(75)81-70(69-80-82(76,77)79-67-66-73(3,4)5)68-78-71(74)64-62-60-58-56-54-52-50-48-46-25-23-21-19-17-15-13-11-9-7-2/h8,10,14,16,20-23,26-27,29-30,70H,6-7,9,11-13,15,17-19,24-25,28,31-69H2,1-5H3/b10-8-,16-14-,22-20-,23-21-,27-26-,30-29-. The van der Waals surface area contributed by atoms with Crippen LogP contribution in [0.4, 0.5) is 0 Å². The Morgan fingerprint density at radius 3 is 1.05 bits per heavy atom. The summed E-state index contributed by atoms with van der Waals surface area (Å²) >= 11 is 0. The summed E-state index contributed by atoms with van der Waals surface area (Å²) in [6.07, 6.45) is 84.2. The molecular formula is C72H132NO8P. The maximum absolute atomic E-state index is 12.9. The number of nitrogens with zero attached hydrogens (tertiary/aromatic N) is 1. The Hall–Kier alpha value is -2.55. The second-order valence-corrected chi connectivity index (χ2v) is 25.9. The van der Waals surface area contributed by atoms with Gasteiger partial charge >= 0.3 is 11.9 Å². The molecule has 0 aliphatic carbocycles. The number of carbonyl (C=O) groups excluding carboxylic acids is 2. The SMILES string of the molecule is CC/C=C\C/C=C\C/C=C\C/C=C\C/C=C\CCCCCCCCCCCCCCCCCCCCCCCCCC(=O)OC(COC(=O)CCCCCCCCCCC/C=C\CCCCCCCC)COP(=O)([O-])OCC[N+](C)(C)C. The van der Waals surface area contributed by atoms with Gasteiger partial charge in [0.15, 0.2) is 6.10 Å². The van der Waals surface area contributed by atoms with Gasteiger partial charge < -0.3 is 27.9 Å². The van der Waals surface area contributed by atoms with Crippen molar-refractivity contribution in [2.24, 2.45) is 0 Å². The molecule has 0 aliphatic heterocycles. The molecule has 2 unspecified atom stereocenters. The largest absolute Gasteiger partial charge is 0.756 e. The highest BCUT2D eigenvalue weighted by molar-refractivity contribution is 7.45. The van der Waals surface area contributed by atoms with Crippen LogP contribution in [0.1, 0.15) is 322 Å². The van der Waals surface area contributed by atoms with Gasteiger partial charge in [-0.3, -0.25) is 14.2 Å². The number of quaternary nitrogens is 1. The summed E-state index contributed by atoms with van der Waals surface area (Å²) in [5.74, 6) is -0.821. The quantitative estimate of drug-likeness (QED) is 0.0195. The third kappa shape index (κ3) is 66.6. The minimum atomic E-state index is -4.64. The van der Waals surface area contributed by atoms with Gasteiger partial charge in [-0.1, -0.05) is 299 Å². The molecule has 0 aromatic carbocycles. The minimum Gasteiger partial charge on any atom is -0.756 e. The van der Waals surface area contributed by atoms with Crippen LogP contribution in [0, 0.1) is 0 Å². The summed E-state index contributed by atoms with van der Waals surface area (Å²) in [7, 11) is 1.18. The summed E-state index contributed by atoms with van der Waals surface area (Å²) in [5.41, 5.74) is 0. The number of unbranched alkanes of at least 4 members (excludes halogenated alkanes) is 38. The molecule has 0 saturated carbocycles. The first-order valence-electron chi connectivity index (χ1n) is 34.6. The van der Waals surface area contributed by atoms with Crippen LogP contribution in [0.3, 0.4) is 0 Å². The molecule has 0 bridgehead atoms. The van der Waals surface area contributed by atoms with Crippen molar-refractivity contribution in [2.75, 3.05) is 47.5 Å². The van der Waals surface area contributed by atoms with Crippen molar-refractivity contribution in [3.63, 3.8) is 0 Å². The molecule has 82 heavy (non-hydrogen) atoms. The zero-order valence-corrected chi connectivity index (χ0v) is 55.3. The van der Waals surface area contributed by atoms with E-state index in [1.165, 1.54) is 225 Å². The van der Waals surface area contributed by atoms with Crippen molar-refractivity contribution in [1.29, 1.82) is 0 Å². The van der Waals surface area contributed by atoms with Crippen molar-refractivity contribution >= 4 is 19.8 Å². The van der Waals surface area contributed by atoms with Crippen LogP contribution >= 0.6 is 7.82 Å². The van der Waals surface area contributed by atoms with Gasteiger partial charge in [0.05, 0.1) is 27.7 Å². The molecule has 0 rings (SSSR count). The van der Waals surface area contributed by atoms with E-state index in [9.17, 15) is 19.0 Å². The van der Waals surface area contributed by atoms with E-state index in [4.69, 9.17) is 18.5 Å². The molecule has 0 spiro atoms. The van der Waals surface area contributed by atoms with Crippen LogP contribution in [-0.4, -0.2) is 70.0 Å². The summed E-state index contributed by atoms with van der Waals surface area (Å²) in [6.45, 7) is 4.16. The first-order valence-corrected chi connectivity index (χ1v) is 36.1. The van der Waals surface area contributed by atoms with Crippen molar-refractivity contribution in [2.45, 2.75) is 328 Å². The molecule has 0 amide bonds. The summed E-state index contributed by atoms with van der Waals surface area (Å²) in [6, 6.07) is 0. The lowest BCUT2D eigenvalue weighted by Crippen LogP contribution is -2.37. The summed E-state index contributed by atoms with van der Waals surface area (Å²) < 4.78 is 34.3. The van der Waals surface area contributed by atoms with Gasteiger partial charge in [-0.15, -0.1) is 0 Å². The van der Waals surface area contributed by atoms with Crippen LogP contribution in [-0.2, 0) is 32.7 Å². The lowest BCUT2D eigenvalue weighted by molar-refractivity contribution is -0.870. The molecule has 9 nitrogen and oxygen atoms in total. The van der Waals surface area contributed by atoms with E-state index < -0.39 is 26.5 Å². The second-order valence-electron chi connectivity index (χ2n) is 24.5. The van der Waals surface area contributed by atoms with Gasteiger partial charge in [0.2, 0.25) is 0 Å². The van der Waals surface area contributed by atoms with Gasteiger partial charge in [0.25, 0.3) is 7.82 Å². The molecule has 0 aliphatic rings. The minimum absolute atomic E-state index is 0.0302. The zero-order valence-electron chi connectivity index (χ0n) is 54.4. The molecule has 0 N–H and O–H groups in total. The van der Waals surface area contributed by atoms with E-state index >= 15 is 0 Å². The Balaban J connectivity index is 3.94. The van der Waals surface area contributed by atoms with Gasteiger partial charge in [-0.25, -0.2) is 0 Å². The molecular weight excluding hydrogens is 1040 g/mol. The second kappa shape index (κ2) is 63.0. The molecule has 0 radical (unpaired) electrons. The monoisotopic (exact) mass is 1170 g/mol. The van der Waals surface area contributed by atoms with E-state index in [1.807, 2.05) is 21.1 Å². The molecule has 0 aromatic rings. The van der Waals surface area contributed by atoms with Crippen LogP contribution in [0.5, 0.6) is 0 Å². The Kier molecular flexibility index (Phi) is 61.0. The van der Waals surface area contributed by atoms with Gasteiger partial charge in [0.1, 0.15) is 19.8 Å². The first kappa shape index (κ1) is 79.5. The van der Waals surface area contributed by atoms with E-state index in [0.29, 0.717) is 17.4 Å². The number of ether oxygens (including phenoxy) is 2. The normalized spacial score (nSPS) is 13.6. The number of allylic oxidation sites excluding steroid dienone is 12. The van der Waals surface area contributed by atoms with Crippen molar-refractivity contribution in [3.05, 3.63) is 72.9 Å². The molecule has 478 valence electrons. The molecule has 10 heteroatoms. The topological polar surface area (TPSA) is 111 Å². The Morgan fingerprint density at radius 2 is 0.695 bits per heavy atom. The van der Waals surface area contributed by atoms with Crippen LogP contribution < -0.4 is 4.89 Å². The highest BCUT2D eigenvalue weighted by atomic mass is 31.2. The molecule has 2 atom stereocenters. The van der Waals surface area contributed by atoms with Crippen LogP contribution in [0.25, 0.3) is 0 Å². The maximum Gasteiger partial charge on any atom is 0.306 e. The Bertz CT molecular complexity index is 1610. The number of rotatable bonds is 64. The highest BCUT2D eigenvalue weighted by Gasteiger charge is 2.22. The predicted octanol–water partition coefficient (Wildman–Crippen LogP) is 21.8. The smallest absolute Gasteiger partial charge is 0.306 e. The number of hydrogen-bond donors (Lipinski definition) is 0. The Labute approximate surface area is 508 Å².